The van der Waals surface area contributed by atoms with Crippen LogP contribution in [0.5, 0.6) is 0 Å². The van der Waals surface area contributed by atoms with Crippen molar-refractivity contribution in [3.63, 3.8) is 0 Å². The molecule has 3 heterocycles. The molecule has 2 fully saturated rings. The third-order valence-electron chi connectivity index (χ3n) is 4.61. The van der Waals surface area contributed by atoms with Gasteiger partial charge >= 0.3 is 0 Å². The monoisotopic (exact) mass is 329 g/mol. The molecule has 7 nitrogen and oxygen atoms in total. The van der Waals surface area contributed by atoms with Gasteiger partial charge in [0.25, 0.3) is 0 Å². The van der Waals surface area contributed by atoms with E-state index < -0.39 is 10.0 Å². The van der Waals surface area contributed by atoms with Crippen LogP contribution in [0.15, 0.2) is 4.52 Å². The first-order chi connectivity index (χ1) is 10.6. The van der Waals surface area contributed by atoms with E-state index in [0.29, 0.717) is 24.9 Å². The lowest BCUT2D eigenvalue weighted by Crippen LogP contribution is -2.38. The van der Waals surface area contributed by atoms with Crippen LogP contribution < -0.4 is 0 Å². The minimum atomic E-state index is -3.09. The van der Waals surface area contributed by atoms with Crippen LogP contribution in [0.2, 0.25) is 0 Å². The molecular weight excluding hydrogens is 306 g/mol. The average Bonchev–Trinajstić information content (AvgIpc) is 3.06. The van der Waals surface area contributed by atoms with Gasteiger partial charge in [-0.2, -0.15) is 4.98 Å². The predicted octanol–water partition coefficient (Wildman–Crippen LogP) is 1.49. The van der Waals surface area contributed by atoms with Crippen molar-refractivity contribution in [2.24, 2.45) is 0 Å². The van der Waals surface area contributed by atoms with E-state index >= 15 is 0 Å². The van der Waals surface area contributed by atoms with Crippen LogP contribution in [0.4, 0.5) is 0 Å². The van der Waals surface area contributed by atoms with Crippen LogP contribution in [0.3, 0.4) is 0 Å². The van der Waals surface area contributed by atoms with Gasteiger partial charge in [-0.25, -0.2) is 12.7 Å². The first-order valence-electron chi connectivity index (χ1n) is 7.99. The summed E-state index contributed by atoms with van der Waals surface area (Å²) in [5.41, 5.74) is 0. The summed E-state index contributed by atoms with van der Waals surface area (Å²) in [4.78, 5) is 4.56. The summed E-state index contributed by atoms with van der Waals surface area (Å²) in [5, 5.41) is 4.13. The van der Waals surface area contributed by atoms with Crippen molar-refractivity contribution in [2.45, 2.75) is 44.4 Å². The highest BCUT2D eigenvalue weighted by atomic mass is 32.2. The van der Waals surface area contributed by atoms with E-state index in [9.17, 15) is 8.42 Å². The Balaban J connectivity index is 1.61. The van der Waals surface area contributed by atoms with Crippen molar-refractivity contribution in [1.82, 2.24) is 14.4 Å². The van der Waals surface area contributed by atoms with Gasteiger partial charge in [-0.05, 0) is 32.6 Å². The predicted molar refractivity (Wildman–Crippen MR) is 80.1 cm³/mol. The molecule has 0 saturated carbocycles. The van der Waals surface area contributed by atoms with Gasteiger partial charge < -0.3 is 9.26 Å². The van der Waals surface area contributed by atoms with Crippen molar-refractivity contribution in [2.75, 3.05) is 32.1 Å². The van der Waals surface area contributed by atoms with Gasteiger partial charge in [-0.15, -0.1) is 0 Å². The van der Waals surface area contributed by atoms with Gasteiger partial charge in [-0.1, -0.05) is 5.16 Å². The molecule has 0 aliphatic carbocycles. The Morgan fingerprint density at radius 1 is 1.14 bits per heavy atom. The van der Waals surface area contributed by atoms with Crippen molar-refractivity contribution < 1.29 is 17.7 Å². The molecule has 0 amide bonds. The fourth-order valence-electron chi connectivity index (χ4n) is 3.10. The Kier molecular flexibility index (Phi) is 4.79. The van der Waals surface area contributed by atoms with Crippen LogP contribution >= 0.6 is 0 Å². The molecule has 0 unspecified atom stereocenters. The van der Waals surface area contributed by atoms with Crippen molar-refractivity contribution in [3.8, 4) is 0 Å². The minimum absolute atomic E-state index is 0.159. The van der Waals surface area contributed by atoms with Crippen LogP contribution in [-0.4, -0.2) is 54.9 Å². The zero-order valence-electron chi connectivity index (χ0n) is 12.9. The van der Waals surface area contributed by atoms with Crippen LogP contribution in [0.1, 0.15) is 56.2 Å². The summed E-state index contributed by atoms with van der Waals surface area (Å²) < 4.78 is 36.1. The number of piperidine rings is 1. The summed E-state index contributed by atoms with van der Waals surface area (Å²) >= 11 is 0. The molecule has 3 rings (SSSR count). The van der Waals surface area contributed by atoms with E-state index in [1.807, 2.05) is 0 Å². The van der Waals surface area contributed by atoms with E-state index in [1.54, 1.807) is 11.2 Å². The maximum atomic E-state index is 11.9. The minimum Gasteiger partial charge on any atom is -0.381 e. The fraction of sp³-hybridized carbons (Fsp3) is 0.857. The Morgan fingerprint density at radius 3 is 2.45 bits per heavy atom. The average molecular weight is 329 g/mol. The second-order valence-corrected chi connectivity index (χ2v) is 8.21. The number of hydrogen-bond acceptors (Lipinski definition) is 6. The Morgan fingerprint density at radius 2 is 1.82 bits per heavy atom. The SMILES string of the molecule is CCS(=O)(=O)N1CCC(c2nc(C3CCOCC3)no2)CC1. The topological polar surface area (TPSA) is 85.5 Å². The number of aromatic nitrogens is 2. The second kappa shape index (κ2) is 6.64. The molecule has 124 valence electrons. The summed E-state index contributed by atoms with van der Waals surface area (Å²) in [5.74, 6) is 2.10. The molecule has 1 aromatic heterocycles. The highest BCUT2D eigenvalue weighted by molar-refractivity contribution is 7.89. The molecule has 2 aliphatic rings. The van der Waals surface area contributed by atoms with Gasteiger partial charge in [0.1, 0.15) is 0 Å². The number of rotatable bonds is 4. The first kappa shape index (κ1) is 15.9. The van der Waals surface area contributed by atoms with Crippen molar-refractivity contribution >= 4 is 10.0 Å². The van der Waals surface area contributed by atoms with Crippen molar-refractivity contribution in [1.29, 1.82) is 0 Å². The third kappa shape index (κ3) is 3.33. The molecule has 0 radical (unpaired) electrons. The molecule has 2 saturated heterocycles. The van der Waals surface area contributed by atoms with Gasteiger partial charge in [0, 0.05) is 38.1 Å². The van der Waals surface area contributed by atoms with Gasteiger partial charge in [-0.3, -0.25) is 0 Å². The lowest BCUT2D eigenvalue weighted by molar-refractivity contribution is 0.0830. The van der Waals surface area contributed by atoms with Crippen LogP contribution in [0.25, 0.3) is 0 Å². The van der Waals surface area contributed by atoms with E-state index in [1.165, 1.54) is 0 Å². The summed E-state index contributed by atoms with van der Waals surface area (Å²) in [7, 11) is -3.09. The van der Waals surface area contributed by atoms with E-state index in [0.717, 1.165) is 44.7 Å². The molecule has 0 N–H and O–H groups in total. The molecule has 2 aliphatic heterocycles. The maximum Gasteiger partial charge on any atom is 0.229 e. The molecule has 1 aromatic rings. The standard InChI is InChI=1S/C14H23N3O4S/c1-2-22(18,19)17-7-3-12(4-8-17)14-15-13(16-21-14)11-5-9-20-10-6-11/h11-12H,2-10H2,1H3. The largest absolute Gasteiger partial charge is 0.381 e. The first-order valence-corrected chi connectivity index (χ1v) is 9.60. The zero-order chi connectivity index (χ0) is 15.6. The summed E-state index contributed by atoms with van der Waals surface area (Å²) in [6, 6.07) is 0. The van der Waals surface area contributed by atoms with Crippen LogP contribution in [-0.2, 0) is 14.8 Å². The lowest BCUT2D eigenvalue weighted by atomic mass is 9.97. The van der Waals surface area contributed by atoms with E-state index in [4.69, 9.17) is 9.26 Å². The van der Waals surface area contributed by atoms with Crippen LogP contribution in [0, 0.1) is 0 Å². The number of nitrogens with zero attached hydrogens (tertiary/aromatic N) is 3. The second-order valence-electron chi connectivity index (χ2n) is 5.95. The molecular formula is C14H23N3O4S. The molecule has 0 spiro atoms. The van der Waals surface area contributed by atoms with Gasteiger partial charge in [0.05, 0.1) is 5.75 Å². The number of ether oxygens (including phenoxy) is 1. The Hall–Kier alpha value is -0.990. The maximum absolute atomic E-state index is 11.9. The zero-order valence-corrected chi connectivity index (χ0v) is 13.7. The molecule has 0 bridgehead atoms. The molecule has 22 heavy (non-hydrogen) atoms. The highest BCUT2D eigenvalue weighted by Gasteiger charge is 2.31. The van der Waals surface area contributed by atoms with E-state index in [-0.39, 0.29) is 11.7 Å². The fourth-order valence-corrected chi connectivity index (χ4v) is 4.23. The quantitative estimate of drug-likeness (QED) is 0.832. The Labute approximate surface area is 131 Å². The third-order valence-corrected chi connectivity index (χ3v) is 6.49. The Bertz CT molecular complexity index is 587. The smallest absolute Gasteiger partial charge is 0.229 e. The number of hydrogen-bond donors (Lipinski definition) is 0. The van der Waals surface area contributed by atoms with Gasteiger partial charge in [0.15, 0.2) is 5.82 Å². The highest BCUT2D eigenvalue weighted by Crippen LogP contribution is 2.30. The number of sulfonamides is 1. The molecule has 0 atom stereocenters. The van der Waals surface area contributed by atoms with Crippen molar-refractivity contribution in [3.05, 3.63) is 11.7 Å². The molecule has 8 heteroatoms. The summed E-state index contributed by atoms with van der Waals surface area (Å²) in [6.45, 7) is 4.26. The van der Waals surface area contributed by atoms with Gasteiger partial charge in [0.2, 0.25) is 15.9 Å². The molecule has 0 aromatic carbocycles. The normalized spacial score (nSPS) is 23.0. The van der Waals surface area contributed by atoms with E-state index in [2.05, 4.69) is 10.1 Å². The summed E-state index contributed by atoms with van der Waals surface area (Å²) in [6.07, 6.45) is 3.36. The lowest BCUT2D eigenvalue weighted by Gasteiger charge is -2.29.